The molecule has 0 spiro atoms. The molecule has 1 N–H and O–H groups in total. The van der Waals surface area contributed by atoms with Crippen molar-refractivity contribution in [1.82, 2.24) is 14.9 Å². The maximum Gasteiger partial charge on any atom is 0.282 e. The van der Waals surface area contributed by atoms with Crippen LogP contribution in [0.25, 0.3) is 11.0 Å². The second-order valence-corrected chi connectivity index (χ2v) is 5.12. The van der Waals surface area contributed by atoms with Crippen LogP contribution < -0.4 is 10.9 Å². The summed E-state index contributed by atoms with van der Waals surface area (Å²) in [6, 6.07) is 12.9. The molecule has 1 aromatic heterocycles. The second-order valence-electron chi connectivity index (χ2n) is 5.12. The number of nitrogens with one attached hydrogen (secondary N) is 1. The van der Waals surface area contributed by atoms with Crippen LogP contribution in [0.2, 0.25) is 0 Å². The topological polar surface area (TPSA) is 64.0 Å². The Morgan fingerprint density at radius 1 is 1.17 bits per heavy atom. The Balaban J connectivity index is 1.87. The smallest absolute Gasteiger partial charge is 0.282 e. The molecule has 1 amide bonds. The van der Waals surface area contributed by atoms with Crippen LogP contribution in [0.5, 0.6) is 0 Å². The molecule has 0 aliphatic heterocycles. The van der Waals surface area contributed by atoms with E-state index in [1.54, 1.807) is 43.4 Å². The number of aryl methyl sites for hydroxylation is 1. The molecule has 0 aliphatic carbocycles. The largest absolute Gasteiger partial charge is 0.346 e. The van der Waals surface area contributed by atoms with Gasteiger partial charge in [0.05, 0.1) is 11.0 Å². The van der Waals surface area contributed by atoms with Crippen LogP contribution in [0.4, 0.5) is 4.39 Å². The van der Waals surface area contributed by atoms with Crippen LogP contribution in [0.3, 0.4) is 0 Å². The number of halogens is 1. The summed E-state index contributed by atoms with van der Waals surface area (Å²) in [7, 11) is 1.60. The average molecular weight is 311 g/mol. The predicted octanol–water partition coefficient (Wildman–Crippen LogP) is 2.00. The van der Waals surface area contributed by atoms with Gasteiger partial charge in [-0.15, -0.1) is 0 Å². The van der Waals surface area contributed by atoms with Gasteiger partial charge in [-0.3, -0.25) is 9.59 Å². The van der Waals surface area contributed by atoms with E-state index < -0.39 is 11.5 Å². The van der Waals surface area contributed by atoms with Gasteiger partial charge in [-0.1, -0.05) is 24.3 Å². The van der Waals surface area contributed by atoms with E-state index in [-0.39, 0.29) is 18.1 Å². The summed E-state index contributed by atoms with van der Waals surface area (Å²) in [5, 5.41) is 2.63. The minimum absolute atomic E-state index is 0.159. The van der Waals surface area contributed by atoms with E-state index >= 15 is 0 Å². The van der Waals surface area contributed by atoms with Gasteiger partial charge in [-0.25, -0.2) is 9.37 Å². The van der Waals surface area contributed by atoms with Crippen molar-refractivity contribution in [1.29, 1.82) is 0 Å². The molecule has 1 heterocycles. The Bertz CT molecular complexity index is 933. The molecule has 0 saturated carbocycles. The Morgan fingerprint density at radius 3 is 2.61 bits per heavy atom. The lowest BCUT2D eigenvalue weighted by Crippen LogP contribution is -2.33. The van der Waals surface area contributed by atoms with Crippen LogP contribution in [-0.2, 0) is 13.6 Å². The van der Waals surface area contributed by atoms with E-state index in [4.69, 9.17) is 0 Å². The Labute approximate surface area is 131 Å². The first-order valence-corrected chi connectivity index (χ1v) is 7.04. The summed E-state index contributed by atoms with van der Waals surface area (Å²) >= 11 is 0. The number of para-hydroxylation sites is 2. The van der Waals surface area contributed by atoms with Crippen LogP contribution in [0.1, 0.15) is 16.1 Å². The van der Waals surface area contributed by atoms with Crippen LogP contribution in [0.15, 0.2) is 53.3 Å². The SMILES string of the molecule is Cn1c(=O)c(C(=O)NCc2ccc(F)cc2)nc2ccccc21. The summed E-state index contributed by atoms with van der Waals surface area (Å²) in [6.45, 7) is 0.191. The fourth-order valence-electron chi connectivity index (χ4n) is 2.30. The number of amides is 1. The highest BCUT2D eigenvalue weighted by Gasteiger charge is 2.15. The molecule has 0 aliphatic rings. The quantitative estimate of drug-likeness (QED) is 0.804. The van der Waals surface area contributed by atoms with Crippen molar-refractivity contribution in [2.75, 3.05) is 0 Å². The number of hydrogen-bond donors (Lipinski definition) is 1. The number of hydrogen-bond acceptors (Lipinski definition) is 3. The van der Waals surface area contributed by atoms with Gasteiger partial charge in [0, 0.05) is 13.6 Å². The lowest BCUT2D eigenvalue weighted by molar-refractivity contribution is 0.0944. The van der Waals surface area contributed by atoms with Crippen LogP contribution >= 0.6 is 0 Å². The summed E-state index contributed by atoms with van der Waals surface area (Å²) in [5.74, 6) is -0.897. The zero-order chi connectivity index (χ0) is 16.4. The van der Waals surface area contributed by atoms with E-state index in [1.807, 2.05) is 0 Å². The summed E-state index contributed by atoms with van der Waals surface area (Å²) in [6.07, 6.45) is 0. The monoisotopic (exact) mass is 311 g/mol. The summed E-state index contributed by atoms with van der Waals surface area (Å²) in [4.78, 5) is 28.7. The highest BCUT2D eigenvalue weighted by Crippen LogP contribution is 2.08. The zero-order valence-corrected chi connectivity index (χ0v) is 12.4. The molecule has 0 bridgehead atoms. The van der Waals surface area contributed by atoms with Gasteiger partial charge >= 0.3 is 0 Å². The van der Waals surface area contributed by atoms with Crippen LogP contribution in [-0.4, -0.2) is 15.5 Å². The van der Waals surface area contributed by atoms with Gasteiger partial charge in [0.2, 0.25) is 0 Å². The van der Waals surface area contributed by atoms with E-state index in [1.165, 1.54) is 16.7 Å². The molecule has 0 fully saturated rings. The normalized spacial score (nSPS) is 10.7. The van der Waals surface area contributed by atoms with Crippen molar-refractivity contribution in [2.45, 2.75) is 6.54 Å². The van der Waals surface area contributed by atoms with Gasteiger partial charge < -0.3 is 9.88 Å². The molecular formula is C17H14FN3O2. The van der Waals surface area contributed by atoms with Gasteiger partial charge in [0.15, 0.2) is 5.69 Å². The Kier molecular flexibility index (Phi) is 3.89. The zero-order valence-electron chi connectivity index (χ0n) is 12.4. The molecular weight excluding hydrogens is 297 g/mol. The average Bonchev–Trinajstić information content (AvgIpc) is 2.57. The molecule has 116 valence electrons. The third-order valence-corrected chi connectivity index (χ3v) is 3.56. The molecule has 5 nitrogen and oxygen atoms in total. The molecule has 0 unspecified atom stereocenters. The first-order chi connectivity index (χ1) is 11.1. The highest BCUT2D eigenvalue weighted by molar-refractivity contribution is 5.93. The maximum absolute atomic E-state index is 12.9. The molecule has 0 saturated heterocycles. The second kappa shape index (κ2) is 6.00. The van der Waals surface area contributed by atoms with Crippen molar-refractivity contribution in [3.63, 3.8) is 0 Å². The summed E-state index contributed by atoms with van der Waals surface area (Å²) in [5.41, 5.74) is 1.35. The van der Waals surface area contributed by atoms with Crippen molar-refractivity contribution in [2.24, 2.45) is 7.05 Å². The van der Waals surface area contributed by atoms with Crippen molar-refractivity contribution >= 4 is 16.9 Å². The lowest BCUT2D eigenvalue weighted by Gasteiger charge is -2.08. The van der Waals surface area contributed by atoms with Crippen molar-refractivity contribution in [3.8, 4) is 0 Å². The van der Waals surface area contributed by atoms with Crippen molar-refractivity contribution in [3.05, 3.63) is 76.0 Å². The number of nitrogens with zero attached hydrogens (tertiary/aromatic N) is 2. The lowest BCUT2D eigenvalue weighted by atomic mass is 10.2. The number of carbonyl (C=O) groups excluding carboxylic acids is 1. The van der Waals surface area contributed by atoms with Gasteiger partial charge in [0.1, 0.15) is 5.82 Å². The molecule has 3 rings (SSSR count). The minimum Gasteiger partial charge on any atom is -0.346 e. The number of fused-ring (bicyclic) bond motifs is 1. The van der Waals surface area contributed by atoms with Gasteiger partial charge in [0.25, 0.3) is 11.5 Å². The standard InChI is InChI=1S/C17H14FN3O2/c1-21-14-5-3-2-4-13(14)20-15(17(21)23)16(22)19-10-11-6-8-12(18)9-7-11/h2-9H,10H2,1H3,(H,19,22). The number of rotatable bonds is 3. The summed E-state index contributed by atoms with van der Waals surface area (Å²) < 4.78 is 14.3. The van der Waals surface area contributed by atoms with Crippen molar-refractivity contribution < 1.29 is 9.18 Å². The Morgan fingerprint density at radius 2 is 1.87 bits per heavy atom. The molecule has 2 aromatic carbocycles. The third kappa shape index (κ3) is 2.96. The fourth-order valence-corrected chi connectivity index (χ4v) is 2.30. The number of aromatic nitrogens is 2. The van der Waals surface area contributed by atoms with E-state index in [9.17, 15) is 14.0 Å². The number of carbonyl (C=O) groups is 1. The van der Waals surface area contributed by atoms with E-state index in [0.29, 0.717) is 11.0 Å². The molecule has 6 heteroatoms. The fraction of sp³-hybridized carbons (Fsp3) is 0.118. The van der Waals surface area contributed by atoms with Gasteiger partial charge in [-0.05, 0) is 29.8 Å². The predicted molar refractivity (Wildman–Crippen MR) is 84.6 cm³/mol. The molecule has 3 aromatic rings. The third-order valence-electron chi connectivity index (χ3n) is 3.56. The molecule has 0 atom stereocenters. The van der Waals surface area contributed by atoms with Gasteiger partial charge in [-0.2, -0.15) is 0 Å². The number of benzene rings is 2. The first kappa shape index (κ1) is 14.9. The minimum atomic E-state index is -0.555. The Hall–Kier alpha value is -3.02. The highest BCUT2D eigenvalue weighted by atomic mass is 19.1. The van der Waals surface area contributed by atoms with Crippen LogP contribution in [0, 0.1) is 5.82 Å². The van der Waals surface area contributed by atoms with E-state index in [2.05, 4.69) is 10.3 Å². The van der Waals surface area contributed by atoms with E-state index in [0.717, 1.165) is 5.56 Å². The maximum atomic E-state index is 12.9. The molecule has 23 heavy (non-hydrogen) atoms. The molecule has 0 radical (unpaired) electrons. The first-order valence-electron chi connectivity index (χ1n) is 7.04.